The molecule has 10 nitrogen and oxygen atoms in total. The van der Waals surface area contributed by atoms with Crippen molar-refractivity contribution in [1.82, 2.24) is 0 Å². The molecule has 0 saturated heterocycles. The first-order chi connectivity index (χ1) is 10.0. The van der Waals surface area contributed by atoms with Crippen LogP contribution in [0.4, 0.5) is 0 Å². The first-order valence-corrected chi connectivity index (χ1v) is 21.9. The number of hydrogen-bond donors (Lipinski definition) is 0. The largest absolute Gasteiger partial charge is 0.850 e. The first-order valence-electron chi connectivity index (χ1n) is 3.65. The van der Waals surface area contributed by atoms with Crippen molar-refractivity contribution in [3.8, 4) is 0 Å². The molecule has 0 spiro atoms. The molecule has 0 radical (unpaired) electrons. The van der Waals surface area contributed by atoms with E-state index in [-0.39, 0.29) is 63.2 Å². The zero-order valence-corrected chi connectivity index (χ0v) is 30.3. The van der Waals surface area contributed by atoms with E-state index in [1.54, 1.807) is 0 Å². The van der Waals surface area contributed by atoms with Crippen LogP contribution in [0.15, 0.2) is 0 Å². The van der Waals surface area contributed by atoms with E-state index < -0.39 is 28.5 Å². The minimum Gasteiger partial charge on any atom is -0.850 e. The van der Waals surface area contributed by atoms with E-state index in [1.807, 2.05) is 0 Å². The maximum absolute atomic E-state index is 9.29. The molecule has 0 bridgehead atoms. The van der Waals surface area contributed by atoms with Gasteiger partial charge in [-0.1, -0.05) is 0 Å². The summed E-state index contributed by atoms with van der Waals surface area (Å²) in [6, 6.07) is 0. The van der Waals surface area contributed by atoms with Gasteiger partial charge in [0.25, 0.3) is 0 Å². The molecule has 0 fully saturated rings. The molecule has 0 heterocycles. The predicted octanol–water partition coefficient (Wildman–Crippen LogP) is -7.62. The van der Waals surface area contributed by atoms with Crippen molar-refractivity contribution in [2.75, 3.05) is 0 Å². The molecule has 0 rings (SSSR count). The van der Waals surface area contributed by atoms with Crippen LogP contribution < -0.4 is 48.9 Å². The van der Waals surface area contributed by atoms with E-state index in [0.717, 1.165) is 0 Å². The van der Waals surface area contributed by atoms with Gasteiger partial charge in [-0.05, 0) is 0 Å². The summed E-state index contributed by atoms with van der Waals surface area (Å²) < 4.78 is 0. The average molecular weight is 923 g/mol. The molecule has 28 heavy (non-hydrogen) atoms. The van der Waals surface area contributed by atoms with Gasteiger partial charge in [-0.15, -0.1) is 0 Å². The molecule has 0 saturated carbocycles. The van der Waals surface area contributed by atoms with E-state index >= 15 is 0 Å². The normalized spacial score (nSPS) is 10.5. The van der Waals surface area contributed by atoms with Crippen LogP contribution >= 0.6 is 28.5 Å². The Labute approximate surface area is 256 Å². The smallest absolute Gasteiger partial charge is 0 e. The molecule has 0 unspecified atom stereocenters. The molecule has 0 aromatic carbocycles. The maximum atomic E-state index is 9.29. The SMILES string of the molecule is [Mo].[Mo].[Mo].[O-]P([O-])(=S)[S-].[O-]P([O-])(=S)[S-].[O-]P([O-])(=S)[S-].[O-]P([O-])(=S)[S-].[O-]P([O-])(=S)[S-]. The molecule has 0 aliphatic carbocycles. The Morgan fingerprint density at radius 2 is 0.321 bits per heavy atom. The third-order valence-electron chi connectivity index (χ3n) is 0. The molecule has 178 valence electrons. The molecule has 28 heteroatoms. The van der Waals surface area contributed by atoms with Crippen molar-refractivity contribution < 1.29 is 112 Å². The topological polar surface area (TPSA) is 231 Å². The van der Waals surface area contributed by atoms with Gasteiger partial charge in [0.2, 0.25) is 0 Å². The van der Waals surface area contributed by atoms with Crippen molar-refractivity contribution in [2.24, 2.45) is 0 Å². The average Bonchev–Trinajstić information content (AvgIpc) is 1.79. The Hall–Kier alpha value is 6.66. The van der Waals surface area contributed by atoms with Gasteiger partial charge in [0.05, 0.1) is 0 Å². The first kappa shape index (κ1) is 55.3. The molecular weight excluding hydrogens is 923 g/mol. The van der Waals surface area contributed by atoms with Crippen molar-refractivity contribution in [1.29, 1.82) is 0 Å². The second-order valence-corrected chi connectivity index (χ2v) is 24.6. The van der Waals surface area contributed by atoms with E-state index in [1.165, 1.54) is 0 Å². The minimum absolute atomic E-state index is 0. The number of hydrogen-bond acceptors (Lipinski definition) is 20. The van der Waals surface area contributed by atoms with E-state index in [2.05, 4.69) is 120 Å². The zero-order chi connectivity index (χ0) is 22.5. The fourth-order valence-corrected chi connectivity index (χ4v) is 0. The monoisotopic (exact) mass is 928 g/mol. The van der Waals surface area contributed by atoms with Crippen LogP contribution in [0.5, 0.6) is 0 Å². The molecule has 0 aliphatic heterocycles. The Balaban J connectivity index is -0.0000000290. The summed E-state index contributed by atoms with van der Waals surface area (Å²) in [5, 5.41) is 0. The van der Waals surface area contributed by atoms with Gasteiger partial charge in [0.1, 0.15) is 0 Å². The van der Waals surface area contributed by atoms with Gasteiger partial charge in [-0.25, -0.2) is 0 Å². The summed E-state index contributed by atoms with van der Waals surface area (Å²) >= 11 is 36.4. The van der Waals surface area contributed by atoms with Crippen molar-refractivity contribution in [2.45, 2.75) is 0 Å². The summed E-state index contributed by atoms with van der Waals surface area (Å²) in [5.74, 6) is 0. The molecule has 0 aromatic heterocycles. The summed E-state index contributed by atoms with van der Waals surface area (Å²) in [4.78, 5) is 92.9. The van der Waals surface area contributed by atoms with E-state index in [4.69, 9.17) is 0 Å². The third kappa shape index (κ3) is 737. The Morgan fingerprint density at radius 1 is 0.321 bits per heavy atom. The second-order valence-electron chi connectivity index (χ2n) is 2.24. The third-order valence-corrected chi connectivity index (χ3v) is 0. The Bertz CT molecular complexity index is 399. The van der Waals surface area contributed by atoms with Gasteiger partial charge in [-0.3, -0.25) is 0 Å². The van der Waals surface area contributed by atoms with Crippen LogP contribution in [0.25, 0.3) is 0 Å². The van der Waals surface area contributed by atoms with Crippen LogP contribution in [0, 0.1) is 0 Å². The van der Waals surface area contributed by atoms with E-state index in [0.29, 0.717) is 0 Å². The van der Waals surface area contributed by atoms with Gasteiger partial charge in [0, 0.05) is 63.2 Å². The van der Waals surface area contributed by atoms with Crippen LogP contribution in [0.1, 0.15) is 0 Å². The summed E-state index contributed by atoms with van der Waals surface area (Å²) in [5.41, 5.74) is -18.6. The second kappa shape index (κ2) is 26.7. The molecule has 0 aliphatic rings. The van der Waals surface area contributed by atoms with Crippen LogP contribution in [0.3, 0.4) is 0 Å². The van der Waals surface area contributed by atoms with Crippen LogP contribution in [-0.4, -0.2) is 0 Å². The van der Waals surface area contributed by atoms with Gasteiger partial charge in [0.15, 0.2) is 0 Å². The summed E-state index contributed by atoms with van der Waals surface area (Å²) in [7, 11) is 0. The quantitative estimate of drug-likeness (QED) is 0.125. The Morgan fingerprint density at radius 3 is 0.321 bits per heavy atom. The number of rotatable bonds is 0. The van der Waals surface area contributed by atoms with Crippen LogP contribution in [-0.2, 0) is 183 Å². The summed E-state index contributed by atoms with van der Waals surface area (Å²) in [6.07, 6.45) is 0. The molecule has 0 atom stereocenters. The Kier molecular flexibility index (Phi) is 52.7. The molecule has 0 N–H and O–H groups in total. The van der Waals surface area contributed by atoms with Crippen molar-refractivity contribution in [3.05, 3.63) is 0 Å². The summed E-state index contributed by atoms with van der Waals surface area (Å²) in [6.45, 7) is 0. The molecule has 0 aromatic rings. The standard InChI is InChI=1S/3Mo.5H3O2PS2/c;;;5*1-3(2,4)5/h;;;5*(H3,1,2,4,5)/p-15. The van der Waals surface area contributed by atoms with Crippen molar-refractivity contribution in [3.63, 3.8) is 0 Å². The zero-order valence-electron chi connectivity index (χ0n) is 11.6. The van der Waals surface area contributed by atoms with E-state index in [9.17, 15) is 48.9 Å². The fraction of sp³-hybridized carbons (Fsp3) is 0. The van der Waals surface area contributed by atoms with Gasteiger partial charge >= 0.3 is 0 Å². The van der Waals surface area contributed by atoms with Gasteiger partial charge < -0.3 is 139 Å². The van der Waals surface area contributed by atoms with Crippen LogP contribution in [0.2, 0.25) is 0 Å². The fourth-order valence-electron chi connectivity index (χ4n) is 0. The maximum Gasteiger partial charge on any atom is 0 e. The molecule has 0 amide bonds. The van der Waals surface area contributed by atoms with Crippen molar-refractivity contribution >= 4 is 149 Å². The predicted molar refractivity (Wildman–Crippen MR) is 108 cm³/mol. The minimum atomic E-state index is -3.72. The molecular formula is Mo3O10P5S10-15. The van der Waals surface area contributed by atoms with Gasteiger partial charge in [-0.2, -0.15) is 59.0 Å².